The van der Waals surface area contributed by atoms with Gasteiger partial charge in [0.2, 0.25) is 0 Å². The lowest BCUT2D eigenvalue weighted by Gasteiger charge is -1.97. The molecule has 0 saturated heterocycles. The number of nitrogens with one attached hydrogen (secondary N) is 1. The van der Waals surface area contributed by atoms with Gasteiger partial charge in [0.05, 0.1) is 17.1 Å². The summed E-state index contributed by atoms with van der Waals surface area (Å²) < 4.78 is 14.2. The third-order valence-electron chi connectivity index (χ3n) is 2.36. The van der Waals surface area contributed by atoms with E-state index < -0.39 is 10.0 Å². The first-order valence-electron chi connectivity index (χ1n) is 5.29. The molecule has 0 aromatic heterocycles. The number of rotatable bonds is 2. The van der Waals surface area contributed by atoms with Crippen molar-refractivity contribution in [3.05, 3.63) is 48.5 Å². The summed E-state index contributed by atoms with van der Waals surface area (Å²) in [6.45, 7) is 0. The number of anilines is 1. The van der Waals surface area contributed by atoms with E-state index >= 15 is 0 Å². The molecule has 0 unspecified atom stereocenters. The number of nitrogens with zero attached hydrogens (tertiary/aromatic N) is 2. The molecule has 1 aliphatic rings. The van der Waals surface area contributed by atoms with Crippen LogP contribution in [0.3, 0.4) is 0 Å². The molecule has 1 N–H and O–H groups in total. The van der Waals surface area contributed by atoms with Gasteiger partial charge in [-0.3, -0.25) is 4.72 Å². The molecule has 0 spiro atoms. The SMILES string of the molecule is O=[S@]1Nc2cc(N=Nc3ccccc3)ccc2S1. The molecular formula is C12H9N3OS2. The Kier molecular flexibility index (Phi) is 3.12. The van der Waals surface area contributed by atoms with Gasteiger partial charge in [-0.05, 0) is 41.1 Å². The average molecular weight is 275 g/mol. The van der Waals surface area contributed by atoms with Gasteiger partial charge >= 0.3 is 0 Å². The fraction of sp³-hybridized carbons (Fsp3) is 0. The highest BCUT2D eigenvalue weighted by atomic mass is 33.1. The summed E-state index contributed by atoms with van der Waals surface area (Å²) in [6.07, 6.45) is 0. The van der Waals surface area contributed by atoms with Crippen LogP contribution in [0.15, 0.2) is 63.7 Å². The van der Waals surface area contributed by atoms with E-state index in [2.05, 4.69) is 15.0 Å². The van der Waals surface area contributed by atoms with Gasteiger partial charge in [0.25, 0.3) is 0 Å². The van der Waals surface area contributed by atoms with Gasteiger partial charge in [-0.1, -0.05) is 18.2 Å². The Hall–Kier alpha value is -1.66. The van der Waals surface area contributed by atoms with Crippen LogP contribution in [-0.4, -0.2) is 4.21 Å². The Labute approximate surface area is 111 Å². The molecule has 0 radical (unpaired) electrons. The second-order valence-corrected chi connectivity index (χ2v) is 6.32. The first kappa shape index (κ1) is 11.4. The van der Waals surface area contributed by atoms with Crippen LogP contribution in [0.1, 0.15) is 0 Å². The fourth-order valence-corrected chi connectivity index (χ4v) is 3.80. The summed E-state index contributed by atoms with van der Waals surface area (Å²) in [6, 6.07) is 15.2. The summed E-state index contributed by atoms with van der Waals surface area (Å²) in [5, 5.41) is 8.29. The summed E-state index contributed by atoms with van der Waals surface area (Å²) in [5.74, 6) is 0. The maximum Gasteiger partial charge on any atom is 0.184 e. The molecule has 6 heteroatoms. The molecule has 1 heterocycles. The maximum absolute atomic E-state index is 11.3. The monoisotopic (exact) mass is 275 g/mol. The lowest BCUT2D eigenvalue weighted by Crippen LogP contribution is -1.90. The highest BCUT2D eigenvalue weighted by Crippen LogP contribution is 2.39. The Morgan fingerprint density at radius 3 is 2.61 bits per heavy atom. The highest BCUT2D eigenvalue weighted by Gasteiger charge is 2.17. The van der Waals surface area contributed by atoms with Crippen molar-refractivity contribution in [2.45, 2.75) is 4.90 Å². The maximum atomic E-state index is 11.3. The molecule has 0 fully saturated rings. The number of benzene rings is 2. The van der Waals surface area contributed by atoms with Crippen molar-refractivity contribution >= 4 is 37.9 Å². The van der Waals surface area contributed by atoms with Crippen LogP contribution in [0, 0.1) is 0 Å². The molecule has 90 valence electrons. The van der Waals surface area contributed by atoms with E-state index in [-0.39, 0.29) is 0 Å². The highest BCUT2D eigenvalue weighted by molar-refractivity contribution is 8.70. The normalized spacial score (nSPS) is 17.7. The zero-order chi connectivity index (χ0) is 12.4. The third-order valence-corrected chi connectivity index (χ3v) is 4.68. The van der Waals surface area contributed by atoms with Gasteiger partial charge in [-0.2, -0.15) is 10.2 Å². The number of hydrogen-bond acceptors (Lipinski definition) is 4. The van der Waals surface area contributed by atoms with E-state index in [9.17, 15) is 4.21 Å². The molecule has 18 heavy (non-hydrogen) atoms. The molecule has 1 aliphatic heterocycles. The molecule has 4 nitrogen and oxygen atoms in total. The largest absolute Gasteiger partial charge is 0.295 e. The van der Waals surface area contributed by atoms with Crippen LogP contribution in [0.2, 0.25) is 0 Å². The molecule has 3 rings (SSSR count). The quantitative estimate of drug-likeness (QED) is 0.659. The van der Waals surface area contributed by atoms with Gasteiger partial charge in [0, 0.05) is 4.90 Å². The summed E-state index contributed by atoms with van der Waals surface area (Å²) in [4.78, 5) is 0.979. The zero-order valence-electron chi connectivity index (χ0n) is 9.24. The molecule has 2 aromatic rings. The van der Waals surface area contributed by atoms with Crippen molar-refractivity contribution in [2.75, 3.05) is 4.72 Å². The molecule has 1 atom stereocenters. The molecule has 0 aliphatic carbocycles. The standard InChI is InChI=1S/C12H9N3OS2/c16-18-15-11-8-10(6-7-12(11)17-18)14-13-9-4-2-1-3-5-9/h1-8,15H/t18-/m1/s1. The molecular weight excluding hydrogens is 266 g/mol. The first-order valence-corrected chi connectivity index (χ1v) is 7.77. The van der Waals surface area contributed by atoms with Gasteiger partial charge < -0.3 is 0 Å². The minimum Gasteiger partial charge on any atom is -0.295 e. The average Bonchev–Trinajstić information content (AvgIpc) is 2.77. The number of hydrogen-bond donors (Lipinski definition) is 1. The Balaban J connectivity index is 1.85. The minimum atomic E-state index is -1.07. The second kappa shape index (κ2) is 4.91. The Bertz CT molecular complexity index is 628. The van der Waals surface area contributed by atoms with E-state index in [1.54, 1.807) is 0 Å². The smallest absolute Gasteiger partial charge is 0.184 e. The van der Waals surface area contributed by atoms with Crippen LogP contribution < -0.4 is 4.72 Å². The Morgan fingerprint density at radius 1 is 1.00 bits per heavy atom. The predicted octanol–water partition coefficient (Wildman–Crippen LogP) is 4.20. The summed E-state index contributed by atoms with van der Waals surface area (Å²) >= 11 is 0. The lowest BCUT2D eigenvalue weighted by molar-refractivity contribution is 0.694. The van der Waals surface area contributed by atoms with Crippen molar-refractivity contribution in [1.82, 2.24) is 0 Å². The summed E-state index contributed by atoms with van der Waals surface area (Å²) in [5.41, 5.74) is 2.40. The van der Waals surface area contributed by atoms with Gasteiger partial charge in [0.15, 0.2) is 10.0 Å². The van der Waals surface area contributed by atoms with E-state index in [0.717, 1.165) is 22.0 Å². The van der Waals surface area contributed by atoms with Crippen LogP contribution in [-0.2, 0) is 10.0 Å². The third kappa shape index (κ3) is 2.44. The second-order valence-electron chi connectivity index (χ2n) is 3.64. The van der Waals surface area contributed by atoms with Crippen LogP contribution in [0.5, 0.6) is 0 Å². The van der Waals surface area contributed by atoms with Gasteiger partial charge in [-0.15, -0.1) is 0 Å². The van der Waals surface area contributed by atoms with E-state index in [0.29, 0.717) is 0 Å². The van der Waals surface area contributed by atoms with Gasteiger partial charge in [-0.25, -0.2) is 4.21 Å². The predicted molar refractivity (Wildman–Crippen MR) is 74.7 cm³/mol. The Morgan fingerprint density at radius 2 is 1.78 bits per heavy atom. The number of fused-ring (bicyclic) bond motifs is 1. The van der Waals surface area contributed by atoms with Crippen LogP contribution in [0.25, 0.3) is 0 Å². The lowest BCUT2D eigenvalue weighted by atomic mass is 10.3. The van der Waals surface area contributed by atoms with Crippen molar-refractivity contribution in [3.63, 3.8) is 0 Å². The van der Waals surface area contributed by atoms with Crippen LogP contribution in [0.4, 0.5) is 17.1 Å². The molecule has 0 amide bonds. The van der Waals surface area contributed by atoms with Gasteiger partial charge in [0.1, 0.15) is 0 Å². The van der Waals surface area contributed by atoms with Crippen molar-refractivity contribution in [1.29, 1.82) is 0 Å². The first-order chi connectivity index (χ1) is 8.81. The van der Waals surface area contributed by atoms with Crippen molar-refractivity contribution in [3.8, 4) is 0 Å². The van der Waals surface area contributed by atoms with E-state index in [4.69, 9.17) is 0 Å². The summed E-state index contributed by atoms with van der Waals surface area (Å²) in [7, 11) is 0.230. The topological polar surface area (TPSA) is 53.8 Å². The van der Waals surface area contributed by atoms with E-state index in [1.807, 2.05) is 48.5 Å². The molecule has 0 bridgehead atoms. The number of azo groups is 1. The van der Waals surface area contributed by atoms with Crippen molar-refractivity contribution < 1.29 is 4.21 Å². The minimum absolute atomic E-state index is 0.740. The molecule has 0 saturated carbocycles. The fourth-order valence-electron chi connectivity index (χ4n) is 1.53. The van der Waals surface area contributed by atoms with Crippen molar-refractivity contribution in [2.24, 2.45) is 10.2 Å². The zero-order valence-corrected chi connectivity index (χ0v) is 10.9. The van der Waals surface area contributed by atoms with Crippen LogP contribution >= 0.6 is 10.8 Å². The molecule has 2 aromatic carbocycles. The van der Waals surface area contributed by atoms with E-state index in [1.165, 1.54) is 10.8 Å².